The first kappa shape index (κ1) is 11.7. The lowest BCUT2D eigenvalue weighted by Gasteiger charge is -1.95. The van der Waals surface area contributed by atoms with Crippen molar-refractivity contribution in [3.63, 3.8) is 0 Å². The van der Waals surface area contributed by atoms with Gasteiger partial charge in [-0.2, -0.15) is 5.10 Å². The summed E-state index contributed by atoms with van der Waals surface area (Å²) in [6.07, 6.45) is 1.70. The second-order valence-corrected chi connectivity index (χ2v) is 5.01. The molecule has 0 radical (unpaired) electrons. The van der Waals surface area contributed by atoms with Crippen LogP contribution >= 0.6 is 11.3 Å². The van der Waals surface area contributed by atoms with E-state index in [4.69, 9.17) is 0 Å². The molecule has 19 heavy (non-hydrogen) atoms. The topological polar surface area (TPSA) is 96.5 Å². The molecule has 3 aromatic heterocycles. The number of H-pyrrole nitrogens is 1. The van der Waals surface area contributed by atoms with Crippen LogP contribution in [-0.2, 0) is 4.79 Å². The van der Waals surface area contributed by atoms with Gasteiger partial charge in [0.2, 0.25) is 11.0 Å². The molecule has 3 heterocycles. The molecule has 0 spiro atoms. The van der Waals surface area contributed by atoms with Gasteiger partial charge >= 0.3 is 0 Å². The molecule has 0 atom stereocenters. The third-order valence-electron chi connectivity index (χ3n) is 2.56. The SMILES string of the molecule is CC(=O)Nc1nnc(-c2cnc3n[nH]c(C)c3c2)s1. The van der Waals surface area contributed by atoms with Gasteiger partial charge in [-0.3, -0.25) is 9.89 Å². The number of hydrogen-bond donors (Lipinski definition) is 2. The molecule has 0 aliphatic carbocycles. The Hall–Kier alpha value is -2.35. The van der Waals surface area contributed by atoms with E-state index in [1.807, 2.05) is 13.0 Å². The maximum atomic E-state index is 10.9. The van der Waals surface area contributed by atoms with Crippen LogP contribution in [0.25, 0.3) is 21.6 Å². The van der Waals surface area contributed by atoms with E-state index in [0.717, 1.165) is 16.6 Å². The van der Waals surface area contributed by atoms with E-state index in [2.05, 4.69) is 30.7 Å². The van der Waals surface area contributed by atoms with Gasteiger partial charge in [-0.05, 0) is 13.0 Å². The number of aromatic nitrogens is 5. The van der Waals surface area contributed by atoms with E-state index in [0.29, 0.717) is 15.8 Å². The summed E-state index contributed by atoms with van der Waals surface area (Å²) >= 11 is 1.31. The second-order valence-electron chi connectivity index (χ2n) is 4.04. The molecule has 0 saturated heterocycles. The number of carbonyl (C=O) groups is 1. The number of aryl methyl sites for hydroxylation is 1. The molecule has 2 N–H and O–H groups in total. The van der Waals surface area contributed by atoms with Crippen LogP contribution in [-0.4, -0.2) is 31.3 Å². The Bertz CT molecular complexity index is 761. The average molecular weight is 274 g/mol. The third-order valence-corrected chi connectivity index (χ3v) is 3.44. The highest BCUT2D eigenvalue weighted by atomic mass is 32.1. The van der Waals surface area contributed by atoms with Crippen LogP contribution in [0, 0.1) is 6.92 Å². The minimum Gasteiger partial charge on any atom is -0.301 e. The minimum absolute atomic E-state index is 0.165. The molecule has 0 aliphatic heterocycles. The smallest absolute Gasteiger partial charge is 0.223 e. The number of anilines is 1. The maximum absolute atomic E-state index is 10.9. The highest BCUT2D eigenvalue weighted by molar-refractivity contribution is 7.18. The first-order valence-corrected chi connectivity index (χ1v) is 6.37. The lowest BCUT2D eigenvalue weighted by Crippen LogP contribution is -2.04. The monoisotopic (exact) mass is 274 g/mol. The number of fused-ring (bicyclic) bond motifs is 1. The number of pyridine rings is 1. The van der Waals surface area contributed by atoms with Gasteiger partial charge in [0.25, 0.3) is 0 Å². The summed E-state index contributed by atoms with van der Waals surface area (Å²) in [5.41, 5.74) is 2.48. The van der Waals surface area contributed by atoms with Crippen molar-refractivity contribution in [1.29, 1.82) is 0 Å². The highest BCUT2D eigenvalue weighted by Crippen LogP contribution is 2.28. The van der Waals surface area contributed by atoms with Crippen molar-refractivity contribution >= 4 is 33.4 Å². The van der Waals surface area contributed by atoms with E-state index in [-0.39, 0.29) is 5.91 Å². The molecule has 1 amide bonds. The van der Waals surface area contributed by atoms with E-state index < -0.39 is 0 Å². The first-order valence-electron chi connectivity index (χ1n) is 5.55. The summed E-state index contributed by atoms with van der Waals surface area (Å²) in [4.78, 5) is 15.2. The molecule has 3 aromatic rings. The Morgan fingerprint density at radius 3 is 3.05 bits per heavy atom. The number of amides is 1. The first-order chi connectivity index (χ1) is 9.13. The van der Waals surface area contributed by atoms with Crippen molar-refractivity contribution in [3.8, 4) is 10.6 Å². The molecule has 0 unspecified atom stereocenters. The highest BCUT2D eigenvalue weighted by Gasteiger charge is 2.10. The lowest BCUT2D eigenvalue weighted by atomic mass is 10.2. The van der Waals surface area contributed by atoms with Gasteiger partial charge in [0, 0.05) is 29.8 Å². The summed E-state index contributed by atoms with van der Waals surface area (Å²) in [7, 11) is 0. The van der Waals surface area contributed by atoms with Crippen molar-refractivity contribution in [3.05, 3.63) is 18.0 Å². The number of carbonyl (C=O) groups excluding carboxylic acids is 1. The Balaban J connectivity index is 2.01. The van der Waals surface area contributed by atoms with E-state index in [1.165, 1.54) is 18.3 Å². The molecule has 0 fully saturated rings. The number of hydrogen-bond acceptors (Lipinski definition) is 6. The van der Waals surface area contributed by atoms with E-state index in [9.17, 15) is 4.79 Å². The Morgan fingerprint density at radius 1 is 1.42 bits per heavy atom. The molecule has 0 aromatic carbocycles. The zero-order valence-electron chi connectivity index (χ0n) is 10.3. The van der Waals surface area contributed by atoms with Crippen LogP contribution in [0.4, 0.5) is 5.13 Å². The summed E-state index contributed by atoms with van der Waals surface area (Å²) in [6, 6.07) is 1.96. The fourth-order valence-electron chi connectivity index (χ4n) is 1.68. The van der Waals surface area contributed by atoms with Crippen molar-refractivity contribution in [1.82, 2.24) is 25.4 Å². The van der Waals surface area contributed by atoms with Gasteiger partial charge in [0.15, 0.2) is 10.7 Å². The lowest BCUT2D eigenvalue weighted by molar-refractivity contribution is -0.114. The predicted molar refractivity (Wildman–Crippen MR) is 71.8 cm³/mol. The second kappa shape index (κ2) is 4.39. The molecule has 3 rings (SSSR count). The van der Waals surface area contributed by atoms with Gasteiger partial charge in [-0.15, -0.1) is 10.2 Å². The van der Waals surface area contributed by atoms with Crippen molar-refractivity contribution in [2.75, 3.05) is 5.32 Å². The minimum atomic E-state index is -0.165. The molecule has 0 aliphatic rings. The summed E-state index contributed by atoms with van der Waals surface area (Å²) in [5, 5.41) is 19.7. The molecule has 7 nitrogen and oxygen atoms in total. The Morgan fingerprint density at radius 2 is 2.26 bits per heavy atom. The van der Waals surface area contributed by atoms with Crippen LogP contribution in [0.3, 0.4) is 0 Å². The van der Waals surface area contributed by atoms with Gasteiger partial charge < -0.3 is 5.32 Å². The zero-order chi connectivity index (χ0) is 13.4. The Labute approximate surface area is 112 Å². The molecular formula is C11H10N6OS. The molecular weight excluding hydrogens is 264 g/mol. The van der Waals surface area contributed by atoms with Gasteiger partial charge in [0.05, 0.1) is 0 Å². The predicted octanol–water partition coefficient (Wildman–Crippen LogP) is 1.74. The van der Waals surface area contributed by atoms with Crippen LogP contribution in [0.1, 0.15) is 12.6 Å². The number of nitrogens with zero attached hydrogens (tertiary/aromatic N) is 4. The average Bonchev–Trinajstić information content (AvgIpc) is 2.96. The fourth-order valence-corrected chi connectivity index (χ4v) is 2.45. The number of nitrogens with one attached hydrogen (secondary N) is 2. The van der Waals surface area contributed by atoms with Gasteiger partial charge in [-0.1, -0.05) is 11.3 Å². The van der Waals surface area contributed by atoms with Gasteiger partial charge in [-0.25, -0.2) is 4.98 Å². The van der Waals surface area contributed by atoms with Crippen molar-refractivity contribution in [2.24, 2.45) is 0 Å². The summed E-state index contributed by atoms with van der Waals surface area (Å²) in [5.74, 6) is -0.165. The largest absolute Gasteiger partial charge is 0.301 e. The molecule has 96 valence electrons. The fraction of sp³-hybridized carbons (Fsp3) is 0.182. The summed E-state index contributed by atoms with van der Waals surface area (Å²) < 4.78 is 0. The molecule has 8 heteroatoms. The quantitative estimate of drug-likeness (QED) is 0.742. The zero-order valence-corrected chi connectivity index (χ0v) is 11.1. The third kappa shape index (κ3) is 2.17. The van der Waals surface area contributed by atoms with Crippen LogP contribution in [0.2, 0.25) is 0 Å². The van der Waals surface area contributed by atoms with E-state index in [1.54, 1.807) is 6.20 Å². The van der Waals surface area contributed by atoms with Crippen LogP contribution in [0.15, 0.2) is 12.3 Å². The van der Waals surface area contributed by atoms with Crippen molar-refractivity contribution in [2.45, 2.75) is 13.8 Å². The number of aromatic amines is 1. The van der Waals surface area contributed by atoms with Crippen molar-refractivity contribution < 1.29 is 4.79 Å². The molecule has 0 saturated carbocycles. The number of rotatable bonds is 2. The maximum Gasteiger partial charge on any atom is 0.223 e. The normalized spacial score (nSPS) is 10.8. The molecule has 0 bridgehead atoms. The Kier molecular flexibility index (Phi) is 2.71. The summed E-state index contributed by atoms with van der Waals surface area (Å²) in [6.45, 7) is 3.37. The standard InChI is InChI=1S/C11H10N6OS/c1-5-8-3-7(4-12-9(8)15-14-5)10-16-17-11(19-10)13-6(2)18/h3-4H,1-2H3,(H,12,14,15)(H,13,17,18). The van der Waals surface area contributed by atoms with Crippen LogP contribution in [0.5, 0.6) is 0 Å². The van der Waals surface area contributed by atoms with E-state index >= 15 is 0 Å². The van der Waals surface area contributed by atoms with Gasteiger partial charge in [0.1, 0.15) is 0 Å². The van der Waals surface area contributed by atoms with Crippen LogP contribution < -0.4 is 5.32 Å².